The lowest BCUT2D eigenvalue weighted by Crippen LogP contribution is -2.29. The van der Waals surface area contributed by atoms with Gasteiger partial charge >= 0.3 is 6.03 Å². The van der Waals surface area contributed by atoms with E-state index in [9.17, 15) is 4.79 Å². The molecular weight excluding hydrogens is 238 g/mol. The summed E-state index contributed by atoms with van der Waals surface area (Å²) in [6, 6.07) is 5.25. The van der Waals surface area contributed by atoms with Gasteiger partial charge in [-0.05, 0) is 44.0 Å². The Balaban J connectivity index is 2.42. The molecule has 1 aromatic carbocycles. The minimum atomic E-state index is -0.241. The molecular formula is C12H18ClN3O. The molecule has 0 saturated carbocycles. The van der Waals surface area contributed by atoms with Crippen LogP contribution in [0.4, 0.5) is 10.5 Å². The molecule has 0 saturated heterocycles. The molecule has 94 valence electrons. The van der Waals surface area contributed by atoms with Crippen molar-refractivity contribution in [3.05, 3.63) is 28.8 Å². The molecule has 4 N–H and O–H groups in total. The fourth-order valence-corrected chi connectivity index (χ4v) is 1.54. The number of nitrogens with two attached hydrogens (primary N) is 1. The molecule has 0 aromatic heterocycles. The Labute approximate surface area is 107 Å². The number of unbranched alkanes of at least 4 members (excludes halogenated alkanes) is 1. The van der Waals surface area contributed by atoms with E-state index in [0.717, 1.165) is 18.4 Å². The van der Waals surface area contributed by atoms with Crippen LogP contribution in [0, 0.1) is 6.92 Å². The third kappa shape index (κ3) is 5.06. The number of rotatable bonds is 5. The number of hydrogen-bond acceptors (Lipinski definition) is 2. The van der Waals surface area contributed by atoms with Gasteiger partial charge in [-0.25, -0.2) is 4.79 Å². The highest BCUT2D eigenvalue weighted by molar-refractivity contribution is 6.33. The van der Waals surface area contributed by atoms with Crippen LogP contribution in [0.3, 0.4) is 0 Å². The molecule has 0 bridgehead atoms. The summed E-state index contributed by atoms with van der Waals surface area (Å²) in [7, 11) is 0. The highest BCUT2D eigenvalue weighted by Crippen LogP contribution is 2.22. The van der Waals surface area contributed by atoms with Gasteiger partial charge in [0.2, 0.25) is 0 Å². The van der Waals surface area contributed by atoms with Gasteiger partial charge in [-0.1, -0.05) is 17.7 Å². The third-order valence-corrected chi connectivity index (χ3v) is 2.62. The van der Waals surface area contributed by atoms with Gasteiger partial charge in [0.25, 0.3) is 0 Å². The minimum absolute atomic E-state index is 0.241. The SMILES string of the molecule is Cc1ccc(Cl)c(NC(=O)NCCCCN)c1. The number of urea groups is 1. The zero-order valence-electron chi connectivity index (χ0n) is 9.92. The lowest BCUT2D eigenvalue weighted by atomic mass is 10.2. The van der Waals surface area contributed by atoms with Gasteiger partial charge in [0.15, 0.2) is 0 Å². The van der Waals surface area contributed by atoms with Crippen LogP contribution >= 0.6 is 11.6 Å². The zero-order valence-corrected chi connectivity index (χ0v) is 10.7. The van der Waals surface area contributed by atoms with Crippen LogP contribution in [0.15, 0.2) is 18.2 Å². The molecule has 0 spiro atoms. The molecule has 5 heteroatoms. The number of aryl methyl sites for hydroxylation is 1. The summed E-state index contributed by atoms with van der Waals surface area (Å²) in [4.78, 5) is 11.5. The van der Waals surface area contributed by atoms with Crippen molar-refractivity contribution in [2.45, 2.75) is 19.8 Å². The van der Waals surface area contributed by atoms with Gasteiger partial charge in [-0.15, -0.1) is 0 Å². The topological polar surface area (TPSA) is 67.2 Å². The van der Waals surface area contributed by atoms with Gasteiger partial charge in [0.1, 0.15) is 0 Å². The maximum Gasteiger partial charge on any atom is 0.319 e. The molecule has 0 atom stereocenters. The Morgan fingerprint density at radius 3 is 2.88 bits per heavy atom. The molecule has 2 amide bonds. The molecule has 4 nitrogen and oxygen atoms in total. The van der Waals surface area contributed by atoms with Crippen LogP contribution in [0.5, 0.6) is 0 Å². The van der Waals surface area contributed by atoms with E-state index >= 15 is 0 Å². The Morgan fingerprint density at radius 1 is 1.41 bits per heavy atom. The van der Waals surface area contributed by atoms with Crippen molar-refractivity contribution < 1.29 is 4.79 Å². The predicted molar refractivity (Wildman–Crippen MR) is 71.5 cm³/mol. The zero-order chi connectivity index (χ0) is 12.7. The van der Waals surface area contributed by atoms with Crippen LogP contribution in [-0.4, -0.2) is 19.1 Å². The van der Waals surface area contributed by atoms with Crippen LogP contribution in [-0.2, 0) is 0 Å². The second-order valence-corrected chi connectivity index (χ2v) is 4.27. The summed E-state index contributed by atoms with van der Waals surface area (Å²) in [6.45, 7) is 3.21. The average Bonchev–Trinajstić information content (AvgIpc) is 2.29. The van der Waals surface area contributed by atoms with Crippen LogP contribution in [0.25, 0.3) is 0 Å². The van der Waals surface area contributed by atoms with Gasteiger partial charge in [0, 0.05) is 6.54 Å². The van der Waals surface area contributed by atoms with Crippen LogP contribution < -0.4 is 16.4 Å². The summed E-state index contributed by atoms with van der Waals surface area (Å²) < 4.78 is 0. The van der Waals surface area contributed by atoms with Gasteiger partial charge in [-0.2, -0.15) is 0 Å². The molecule has 0 heterocycles. The molecule has 0 radical (unpaired) electrons. The fraction of sp³-hybridized carbons (Fsp3) is 0.417. The van der Waals surface area contributed by atoms with Gasteiger partial charge < -0.3 is 16.4 Å². The lowest BCUT2D eigenvalue weighted by molar-refractivity contribution is 0.252. The Kier molecular flexibility index (Phi) is 5.80. The Hall–Kier alpha value is -1.26. The third-order valence-electron chi connectivity index (χ3n) is 2.29. The van der Waals surface area contributed by atoms with Crippen LogP contribution in [0.2, 0.25) is 5.02 Å². The van der Waals surface area contributed by atoms with Crippen molar-refractivity contribution in [1.82, 2.24) is 5.32 Å². The van der Waals surface area contributed by atoms with Crippen molar-refractivity contribution in [1.29, 1.82) is 0 Å². The second-order valence-electron chi connectivity index (χ2n) is 3.86. The Morgan fingerprint density at radius 2 is 2.18 bits per heavy atom. The number of carbonyl (C=O) groups is 1. The maximum absolute atomic E-state index is 11.5. The molecule has 0 aliphatic rings. The second kappa shape index (κ2) is 7.14. The van der Waals surface area contributed by atoms with E-state index in [1.807, 2.05) is 19.1 Å². The van der Waals surface area contributed by atoms with Gasteiger partial charge in [-0.3, -0.25) is 0 Å². The van der Waals surface area contributed by atoms with E-state index in [4.69, 9.17) is 17.3 Å². The van der Waals surface area contributed by atoms with Crippen molar-refractivity contribution in [3.8, 4) is 0 Å². The summed E-state index contributed by atoms with van der Waals surface area (Å²) >= 11 is 5.97. The van der Waals surface area contributed by atoms with Crippen molar-refractivity contribution >= 4 is 23.3 Å². The molecule has 0 aliphatic heterocycles. The Bertz CT molecular complexity index is 382. The number of hydrogen-bond donors (Lipinski definition) is 3. The number of anilines is 1. The molecule has 1 rings (SSSR count). The fourth-order valence-electron chi connectivity index (χ4n) is 1.37. The van der Waals surface area contributed by atoms with Crippen molar-refractivity contribution in [2.75, 3.05) is 18.4 Å². The van der Waals surface area contributed by atoms with E-state index in [1.165, 1.54) is 0 Å². The van der Waals surface area contributed by atoms with Gasteiger partial charge in [0.05, 0.1) is 10.7 Å². The van der Waals surface area contributed by atoms with E-state index in [2.05, 4.69) is 10.6 Å². The highest BCUT2D eigenvalue weighted by atomic mass is 35.5. The van der Waals surface area contributed by atoms with E-state index in [1.54, 1.807) is 6.07 Å². The first-order valence-corrected chi connectivity index (χ1v) is 6.02. The normalized spacial score (nSPS) is 10.1. The molecule has 1 aromatic rings. The molecule has 0 aliphatic carbocycles. The summed E-state index contributed by atoms with van der Waals surface area (Å²) in [5.74, 6) is 0. The molecule has 0 unspecified atom stereocenters. The first-order valence-electron chi connectivity index (χ1n) is 5.64. The number of carbonyl (C=O) groups excluding carboxylic acids is 1. The van der Waals surface area contributed by atoms with Crippen LogP contribution in [0.1, 0.15) is 18.4 Å². The average molecular weight is 256 g/mol. The lowest BCUT2D eigenvalue weighted by Gasteiger charge is -2.09. The first-order chi connectivity index (χ1) is 8.13. The highest BCUT2D eigenvalue weighted by Gasteiger charge is 2.04. The van der Waals surface area contributed by atoms with Crippen molar-refractivity contribution in [3.63, 3.8) is 0 Å². The predicted octanol–water partition coefficient (Wildman–Crippen LogP) is 2.51. The van der Waals surface area contributed by atoms with E-state index < -0.39 is 0 Å². The quantitative estimate of drug-likeness (QED) is 0.708. The van der Waals surface area contributed by atoms with E-state index in [-0.39, 0.29) is 6.03 Å². The van der Waals surface area contributed by atoms with Crippen molar-refractivity contribution in [2.24, 2.45) is 5.73 Å². The minimum Gasteiger partial charge on any atom is -0.338 e. The van der Waals surface area contributed by atoms with E-state index in [0.29, 0.717) is 23.8 Å². The monoisotopic (exact) mass is 255 g/mol. The number of nitrogens with one attached hydrogen (secondary N) is 2. The summed E-state index contributed by atoms with van der Waals surface area (Å²) in [5.41, 5.74) is 7.04. The summed E-state index contributed by atoms with van der Waals surface area (Å²) in [6.07, 6.45) is 1.79. The summed E-state index contributed by atoms with van der Waals surface area (Å²) in [5, 5.41) is 6.00. The smallest absolute Gasteiger partial charge is 0.319 e. The first kappa shape index (κ1) is 13.8. The molecule has 0 fully saturated rings. The number of benzene rings is 1. The largest absolute Gasteiger partial charge is 0.338 e. The maximum atomic E-state index is 11.5. The number of halogens is 1. The standard InChI is InChI=1S/C12H18ClN3O/c1-9-4-5-10(13)11(8-9)16-12(17)15-7-3-2-6-14/h4-5,8H,2-3,6-7,14H2,1H3,(H2,15,16,17). The number of amides is 2. The molecule has 17 heavy (non-hydrogen) atoms.